The summed E-state index contributed by atoms with van der Waals surface area (Å²) in [5.41, 5.74) is 5.78. The maximum absolute atomic E-state index is 5.78. The highest BCUT2D eigenvalue weighted by molar-refractivity contribution is 4.96. The average molecular weight is 237 g/mol. The summed E-state index contributed by atoms with van der Waals surface area (Å²) in [6.45, 7) is 6.22. The molecule has 3 aliphatic rings. The van der Waals surface area contributed by atoms with Crippen LogP contribution in [0.4, 0.5) is 0 Å². The molecule has 17 heavy (non-hydrogen) atoms. The molecular formula is C14H27N3. The molecule has 2 N–H and O–H groups in total. The predicted octanol–water partition coefficient (Wildman–Crippen LogP) is 1.28. The molecule has 0 amide bonds. The zero-order valence-electron chi connectivity index (χ0n) is 11.0. The summed E-state index contributed by atoms with van der Waals surface area (Å²) in [5, 5.41) is 0. The molecule has 3 heterocycles. The van der Waals surface area contributed by atoms with Gasteiger partial charge >= 0.3 is 0 Å². The molecule has 0 spiro atoms. The zero-order chi connectivity index (χ0) is 11.7. The summed E-state index contributed by atoms with van der Waals surface area (Å²) in [5.74, 6) is 0.801. The van der Waals surface area contributed by atoms with Crippen LogP contribution in [-0.2, 0) is 0 Å². The van der Waals surface area contributed by atoms with Crippen LogP contribution in [0, 0.1) is 5.92 Å². The van der Waals surface area contributed by atoms with Crippen molar-refractivity contribution in [1.29, 1.82) is 0 Å². The minimum Gasteiger partial charge on any atom is -0.330 e. The van der Waals surface area contributed by atoms with E-state index in [0.29, 0.717) is 0 Å². The Bertz CT molecular complexity index is 248. The summed E-state index contributed by atoms with van der Waals surface area (Å²) < 4.78 is 0. The number of hydrogen-bond donors (Lipinski definition) is 1. The Hall–Kier alpha value is -0.120. The molecule has 3 saturated heterocycles. The Kier molecular flexibility index (Phi) is 3.69. The van der Waals surface area contributed by atoms with Gasteiger partial charge in [-0.25, -0.2) is 0 Å². The highest BCUT2D eigenvalue weighted by Crippen LogP contribution is 2.32. The fourth-order valence-electron chi connectivity index (χ4n) is 4.17. The Morgan fingerprint density at radius 1 is 0.765 bits per heavy atom. The zero-order valence-corrected chi connectivity index (χ0v) is 11.0. The van der Waals surface area contributed by atoms with Crippen LogP contribution < -0.4 is 5.73 Å². The largest absolute Gasteiger partial charge is 0.330 e. The van der Waals surface area contributed by atoms with E-state index >= 15 is 0 Å². The third-order valence-electron chi connectivity index (χ3n) is 5.27. The van der Waals surface area contributed by atoms with E-state index in [1.807, 2.05) is 0 Å². The van der Waals surface area contributed by atoms with Crippen LogP contribution in [0.2, 0.25) is 0 Å². The summed E-state index contributed by atoms with van der Waals surface area (Å²) in [6.07, 6.45) is 8.41. The van der Waals surface area contributed by atoms with Gasteiger partial charge in [-0.3, -0.25) is 9.80 Å². The number of fused-ring (bicyclic) bond motifs is 1. The van der Waals surface area contributed by atoms with Gasteiger partial charge in [0.05, 0.1) is 0 Å². The molecule has 0 bridgehead atoms. The molecule has 98 valence electrons. The fourth-order valence-corrected chi connectivity index (χ4v) is 4.17. The van der Waals surface area contributed by atoms with Crippen molar-refractivity contribution in [3.63, 3.8) is 0 Å². The highest BCUT2D eigenvalue weighted by Gasteiger charge is 2.39. The number of nitrogens with two attached hydrogens (primary N) is 1. The molecule has 3 fully saturated rings. The number of hydrogen-bond acceptors (Lipinski definition) is 3. The van der Waals surface area contributed by atoms with Crippen molar-refractivity contribution in [2.75, 3.05) is 32.7 Å². The Labute approximate surface area is 105 Å². The van der Waals surface area contributed by atoms with Gasteiger partial charge in [0.15, 0.2) is 0 Å². The molecule has 3 nitrogen and oxygen atoms in total. The van der Waals surface area contributed by atoms with Crippen molar-refractivity contribution in [2.24, 2.45) is 11.7 Å². The number of piperidine rings is 2. The van der Waals surface area contributed by atoms with Gasteiger partial charge in [-0.15, -0.1) is 0 Å². The minimum atomic E-state index is 0.801. The number of likely N-dealkylation sites (tertiary alicyclic amines) is 1. The summed E-state index contributed by atoms with van der Waals surface area (Å²) >= 11 is 0. The van der Waals surface area contributed by atoms with Crippen LogP contribution in [0.3, 0.4) is 0 Å². The van der Waals surface area contributed by atoms with E-state index in [1.165, 1.54) is 64.7 Å². The number of nitrogens with zero attached hydrogens (tertiary/aromatic N) is 2. The first-order valence-corrected chi connectivity index (χ1v) is 7.56. The van der Waals surface area contributed by atoms with Crippen molar-refractivity contribution in [2.45, 2.75) is 50.6 Å². The van der Waals surface area contributed by atoms with Gasteiger partial charge in [-0.05, 0) is 64.2 Å². The molecule has 0 saturated carbocycles. The van der Waals surface area contributed by atoms with Gasteiger partial charge in [0, 0.05) is 18.6 Å². The normalized spacial score (nSPS) is 37.2. The van der Waals surface area contributed by atoms with Crippen molar-refractivity contribution in [3.05, 3.63) is 0 Å². The molecule has 3 aliphatic heterocycles. The molecule has 0 aliphatic carbocycles. The Balaban J connectivity index is 1.58. The molecule has 2 atom stereocenters. The molecule has 3 rings (SSSR count). The number of rotatable bonds is 2. The average Bonchev–Trinajstić information content (AvgIpc) is 2.83. The van der Waals surface area contributed by atoms with E-state index in [9.17, 15) is 0 Å². The van der Waals surface area contributed by atoms with E-state index in [2.05, 4.69) is 9.80 Å². The molecular weight excluding hydrogens is 210 g/mol. The van der Waals surface area contributed by atoms with Gasteiger partial charge < -0.3 is 5.73 Å². The maximum Gasteiger partial charge on any atom is 0.0263 e. The SMILES string of the molecule is NCC1CCN(C2CCN3CCCCC23)CC1. The standard InChI is InChI=1S/C14H27N3/c15-11-12-4-8-17(9-5-12)14-6-10-16-7-2-1-3-13(14)16/h12-14H,1-11,15H2. The van der Waals surface area contributed by atoms with Crippen molar-refractivity contribution in [1.82, 2.24) is 9.80 Å². The molecule has 0 aromatic carbocycles. The lowest BCUT2D eigenvalue weighted by Crippen LogP contribution is -2.50. The monoisotopic (exact) mass is 237 g/mol. The second-order valence-corrected chi connectivity index (χ2v) is 6.17. The molecule has 0 aromatic rings. The predicted molar refractivity (Wildman–Crippen MR) is 71.0 cm³/mol. The summed E-state index contributed by atoms with van der Waals surface area (Å²) in [6, 6.07) is 1.76. The smallest absolute Gasteiger partial charge is 0.0263 e. The second-order valence-electron chi connectivity index (χ2n) is 6.17. The van der Waals surface area contributed by atoms with Gasteiger partial charge in [0.2, 0.25) is 0 Å². The fraction of sp³-hybridized carbons (Fsp3) is 1.00. The van der Waals surface area contributed by atoms with E-state index in [1.54, 1.807) is 0 Å². The van der Waals surface area contributed by atoms with Crippen LogP contribution in [0.5, 0.6) is 0 Å². The highest BCUT2D eigenvalue weighted by atomic mass is 15.3. The molecule has 3 heteroatoms. The van der Waals surface area contributed by atoms with Crippen LogP contribution >= 0.6 is 0 Å². The summed E-state index contributed by atoms with van der Waals surface area (Å²) in [7, 11) is 0. The van der Waals surface area contributed by atoms with Crippen LogP contribution in [-0.4, -0.2) is 54.6 Å². The first kappa shape index (κ1) is 11.9. The van der Waals surface area contributed by atoms with Gasteiger partial charge in [0.25, 0.3) is 0 Å². The Morgan fingerprint density at radius 3 is 2.18 bits per heavy atom. The molecule has 2 unspecified atom stereocenters. The van der Waals surface area contributed by atoms with Gasteiger partial charge in [0.1, 0.15) is 0 Å². The van der Waals surface area contributed by atoms with Crippen molar-refractivity contribution < 1.29 is 0 Å². The quantitative estimate of drug-likeness (QED) is 0.785. The van der Waals surface area contributed by atoms with Crippen molar-refractivity contribution >= 4 is 0 Å². The Morgan fingerprint density at radius 2 is 1.41 bits per heavy atom. The van der Waals surface area contributed by atoms with Crippen molar-refractivity contribution in [3.8, 4) is 0 Å². The van der Waals surface area contributed by atoms with Gasteiger partial charge in [-0.1, -0.05) is 6.42 Å². The third kappa shape index (κ3) is 2.38. The maximum atomic E-state index is 5.78. The molecule has 0 radical (unpaired) electrons. The minimum absolute atomic E-state index is 0.801. The van der Waals surface area contributed by atoms with Crippen LogP contribution in [0.15, 0.2) is 0 Å². The van der Waals surface area contributed by atoms with E-state index < -0.39 is 0 Å². The molecule has 0 aromatic heterocycles. The third-order valence-corrected chi connectivity index (χ3v) is 5.27. The lowest BCUT2D eigenvalue weighted by Gasteiger charge is -2.41. The van der Waals surface area contributed by atoms with Gasteiger partial charge in [-0.2, -0.15) is 0 Å². The lowest BCUT2D eigenvalue weighted by atomic mass is 9.92. The first-order chi connectivity index (χ1) is 8.38. The van der Waals surface area contributed by atoms with E-state index in [0.717, 1.165) is 24.5 Å². The van der Waals surface area contributed by atoms with E-state index in [-0.39, 0.29) is 0 Å². The first-order valence-electron chi connectivity index (χ1n) is 7.56. The lowest BCUT2D eigenvalue weighted by molar-refractivity contribution is 0.0857. The van der Waals surface area contributed by atoms with E-state index in [4.69, 9.17) is 5.73 Å². The summed E-state index contributed by atoms with van der Waals surface area (Å²) in [4.78, 5) is 5.53. The topological polar surface area (TPSA) is 32.5 Å². The van der Waals surface area contributed by atoms with Crippen LogP contribution in [0.1, 0.15) is 38.5 Å². The van der Waals surface area contributed by atoms with Crippen LogP contribution in [0.25, 0.3) is 0 Å². The second kappa shape index (κ2) is 5.25.